The van der Waals surface area contributed by atoms with E-state index >= 15 is 0 Å². The number of esters is 1. The molecule has 3 rings (SSSR count). The van der Waals surface area contributed by atoms with Crippen molar-refractivity contribution in [3.05, 3.63) is 34.9 Å². The number of fused-ring (bicyclic) bond motifs is 2. The molecule has 2 aliphatic heterocycles. The van der Waals surface area contributed by atoms with Gasteiger partial charge in [0.1, 0.15) is 0 Å². The van der Waals surface area contributed by atoms with Crippen molar-refractivity contribution < 1.29 is 9.53 Å². The topological polar surface area (TPSA) is 29.5 Å². The van der Waals surface area contributed by atoms with Crippen molar-refractivity contribution in [3.8, 4) is 0 Å². The molecule has 4 atom stereocenters. The van der Waals surface area contributed by atoms with E-state index < -0.39 is 0 Å². The summed E-state index contributed by atoms with van der Waals surface area (Å²) >= 11 is 5.97. The number of carbonyl (C=O) groups is 1. The number of ether oxygens (including phenoxy) is 1. The van der Waals surface area contributed by atoms with Crippen LogP contribution in [0.4, 0.5) is 0 Å². The molecule has 2 bridgehead atoms. The van der Waals surface area contributed by atoms with Crippen molar-refractivity contribution in [2.75, 3.05) is 14.2 Å². The number of nitrogens with zero attached hydrogens (tertiary/aromatic N) is 1. The first kappa shape index (κ1) is 13.9. The summed E-state index contributed by atoms with van der Waals surface area (Å²) in [7, 11) is 3.62. The number of carbonyl (C=O) groups excluding carboxylic acids is 1. The molecule has 4 heteroatoms. The predicted octanol–water partition coefficient (Wildman–Crippen LogP) is 3.08. The summed E-state index contributed by atoms with van der Waals surface area (Å²) in [6.45, 7) is 0. The molecule has 3 nitrogen and oxygen atoms in total. The number of benzene rings is 1. The van der Waals surface area contributed by atoms with Crippen LogP contribution in [0.5, 0.6) is 0 Å². The molecule has 0 amide bonds. The minimum absolute atomic E-state index is 0.0649. The smallest absolute Gasteiger partial charge is 0.310 e. The molecule has 108 valence electrons. The van der Waals surface area contributed by atoms with Gasteiger partial charge in [-0.25, -0.2) is 0 Å². The Labute approximate surface area is 124 Å². The Morgan fingerprint density at radius 1 is 1.30 bits per heavy atom. The largest absolute Gasteiger partial charge is 0.469 e. The van der Waals surface area contributed by atoms with Crippen LogP contribution >= 0.6 is 11.6 Å². The lowest BCUT2D eigenvalue weighted by atomic mass is 9.76. The van der Waals surface area contributed by atoms with Gasteiger partial charge in [-0.3, -0.25) is 9.69 Å². The number of hydrogen-bond acceptors (Lipinski definition) is 3. The number of halogens is 1. The van der Waals surface area contributed by atoms with E-state index in [4.69, 9.17) is 16.3 Å². The molecular weight excluding hydrogens is 274 g/mol. The second kappa shape index (κ2) is 5.38. The minimum atomic E-state index is -0.0813. The Morgan fingerprint density at radius 3 is 2.65 bits per heavy atom. The Kier molecular flexibility index (Phi) is 3.74. The molecule has 2 saturated heterocycles. The zero-order valence-electron chi connectivity index (χ0n) is 11.9. The monoisotopic (exact) mass is 293 g/mol. The summed E-state index contributed by atoms with van der Waals surface area (Å²) in [6, 6.07) is 8.81. The molecular formula is C16H20ClNO2. The van der Waals surface area contributed by atoms with Crippen LogP contribution in [0.2, 0.25) is 5.02 Å². The summed E-state index contributed by atoms with van der Waals surface area (Å²) in [5, 5.41) is 0.735. The molecule has 2 aliphatic rings. The van der Waals surface area contributed by atoms with Gasteiger partial charge < -0.3 is 4.74 Å². The van der Waals surface area contributed by atoms with Gasteiger partial charge in [-0.15, -0.1) is 0 Å². The third kappa shape index (κ3) is 2.23. The summed E-state index contributed by atoms with van der Waals surface area (Å²) in [5.41, 5.74) is 1.20. The summed E-state index contributed by atoms with van der Waals surface area (Å²) in [5.74, 6) is 0.0977. The highest BCUT2D eigenvalue weighted by molar-refractivity contribution is 6.30. The van der Waals surface area contributed by atoms with Gasteiger partial charge in [0.2, 0.25) is 0 Å². The van der Waals surface area contributed by atoms with E-state index in [-0.39, 0.29) is 17.8 Å². The zero-order valence-corrected chi connectivity index (χ0v) is 12.6. The number of rotatable bonds is 2. The fraction of sp³-hybridized carbons (Fsp3) is 0.562. The van der Waals surface area contributed by atoms with Gasteiger partial charge in [0.05, 0.1) is 13.0 Å². The van der Waals surface area contributed by atoms with E-state index in [9.17, 15) is 4.79 Å². The fourth-order valence-electron chi connectivity index (χ4n) is 3.98. The van der Waals surface area contributed by atoms with E-state index in [2.05, 4.69) is 11.9 Å². The van der Waals surface area contributed by atoms with Gasteiger partial charge in [-0.1, -0.05) is 23.7 Å². The molecule has 0 aliphatic carbocycles. The maximum absolute atomic E-state index is 12.3. The van der Waals surface area contributed by atoms with Crippen LogP contribution in [0, 0.1) is 5.92 Å². The highest BCUT2D eigenvalue weighted by Crippen LogP contribution is 2.46. The highest BCUT2D eigenvalue weighted by atomic mass is 35.5. The van der Waals surface area contributed by atoms with Crippen molar-refractivity contribution in [1.29, 1.82) is 0 Å². The van der Waals surface area contributed by atoms with Crippen LogP contribution in [0.25, 0.3) is 0 Å². The van der Waals surface area contributed by atoms with Crippen molar-refractivity contribution in [2.45, 2.75) is 37.3 Å². The van der Waals surface area contributed by atoms with Crippen molar-refractivity contribution in [1.82, 2.24) is 4.90 Å². The lowest BCUT2D eigenvalue weighted by Gasteiger charge is -2.41. The van der Waals surface area contributed by atoms with Gasteiger partial charge in [-0.2, -0.15) is 0 Å². The van der Waals surface area contributed by atoms with Crippen molar-refractivity contribution in [2.24, 2.45) is 5.92 Å². The van der Waals surface area contributed by atoms with E-state index in [1.165, 1.54) is 19.1 Å². The molecule has 20 heavy (non-hydrogen) atoms. The zero-order chi connectivity index (χ0) is 14.3. The molecule has 2 fully saturated rings. The Balaban J connectivity index is 1.95. The molecule has 1 aromatic rings. The van der Waals surface area contributed by atoms with Gasteiger partial charge >= 0.3 is 5.97 Å². The maximum Gasteiger partial charge on any atom is 0.310 e. The second-order valence-electron chi connectivity index (χ2n) is 5.91. The average molecular weight is 294 g/mol. The SMILES string of the molecule is COC(=O)C1C(c2ccc(Cl)cc2)CC2CC[C@H]1N2C. The molecule has 0 aromatic heterocycles. The van der Waals surface area contributed by atoms with E-state index in [1.807, 2.05) is 24.3 Å². The van der Waals surface area contributed by atoms with Crippen LogP contribution < -0.4 is 0 Å². The summed E-state index contributed by atoms with van der Waals surface area (Å²) < 4.78 is 5.07. The number of methoxy groups -OCH3 is 1. The Hall–Kier alpha value is -1.06. The van der Waals surface area contributed by atoms with Crippen LogP contribution in [-0.2, 0) is 9.53 Å². The fourth-order valence-corrected chi connectivity index (χ4v) is 4.10. The minimum Gasteiger partial charge on any atom is -0.469 e. The Bertz CT molecular complexity index is 502. The van der Waals surface area contributed by atoms with Crippen LogP contribution in [0.15, 0.2) is 24.3 Å². The summed E-state index contributed by atoms with van der Waals surface area (Å²) in [6.07, 6.45) is 3.29. The van der Waals surface area contributed by atoms with E-state index in [0.29, 0.717) is 12.1 Å². The van der Waals surface area contributed by atoms with Gasteiger partial charge in [-0.05, 0) is 44.0 Å². The van der Waals surface area contributed by atoms with E-state index in [0.717, 1.165) is 17.9 Å². The van der Waals surface area contributed by atoms with Crippen LogP contribution in [-0.4, -0.2) is 37.1 Å². The molecule has 0 radical (unpaired) electrons. The predicted molar refractivity (Wildman–Crippen MR) is 78.9 cm³/mol. The first-order chi connectivity index (χ1) is 9.61. The second-order valence-corrected chi connectivity index (χ2v) is 6.34. The molecule has 2 heterocycles. The number of piperidine rings is 1. The quantitative estimate of drug-likeness (QED) is 0.785. The molecule has 3 unspecified atom stereocenters. The highest BCUT2D eigenvalue weighted by Gasteiger charge is 2.49. The van der Waals surface area contributed by atoms with Crippen molar-refractivity contribution in [3.63, 3.8) is 0 Å². The standard InChI is InChI=1S/C16H20ClNO2/c1-18-12-7-8-14(18)15(16(19)20-2)13(9-12)10-3-5-11(17)6-4-10/h3-6,12-15H,7-9H2,1-2H3/t12?,13?,14-,15?/m1/s1. The number of hydrogen-bond donors (Lipinski definition) is 0. The van der Waals surface area contributed by atoms with Crippen LogP contribution in [0.3, 0.4) is 0 Å². The lowest BCUT2D eigenvalue weighted by molar-refractivity contribution is -0.150. The average Bonchev–Trinajstić information content (AvgIpc) is 2.70. The molecule has 0 N–H and O–H groups in total. The lowest BCUT2D eigenvalue weighted by Crippen LogP contribution is -2.49. The first-order valence-electron chi connectivity index (χ1n) is 7.17. The van der Waals surface area contributed by atoms with Gasteiger partial charge in [0.25, 0.3) is 0 Å². The molecule has 0 spiro atoms. The van der Waals surface area contributed by atoms with Crippen LogP contribution in [0.1, 0.15) is 30.7 Å². The summed E-state index contributed by atoms with van der Waals surface area (Å²) in [4.78, 5) is 14.6. The molecule has 1 aromatic carbocycles. The Morgan fingerprint density at radius 2 is 2.00 bits per heavy atom. The third-order valence-corrected chi connectivity index (χ3v) is 5.29. The van der Waals surface area contributed by atoms with Gasteiger partial charge in [0, 0.05) is 23.0 Å². The van der Waals surface area contributed by atoms with E-state index in [1.54, 1.807) is 0 Å². The van der Waals surface area contributed by atoms with Crippen molar-refractivity contribution >= 4 is 17.6 Å². The first-order valence-corrected chi connectivity index (χ1v) is 7.55. The third-order valence-electron chi connectivity index (χ3n) is 5.04. The maximum atomic E-state index is 12.3. The normalized spacial score (nSPS) is 33.1. The molecule has 0 saturated carbocycles. The van der Waals surface area contributed by atoms with Gasteiger partial charge in [0.15, 0.2) is 0 Å².